The molecule has 0 radical (unpaired) electrons. The van der Waals surface area contributed by atoms with E-state index in [2.05, 4.69) is 241 Å². The van der Waals surface area contributed by atoms with Crippen LogP contribution in [0.4, 0.5) is 34.1 Å². The van der Waals surface area contributed by atoms with Crippen molar-refractivity contribution in [2.75, 3.05) is 14.7 Å². The molecule has 2 saturated carbocycles. The number of para-hydroxylation sites is 1. The maximum absolute atomic E-state index is 4.75. The molecule has 7 heterocycles. The summed E-state index contributed by atoms with van der Waals surface area (Å²) in [7, 11) is 0. The number of nitrogens with zero attached hydrogens (tertiary/aromatic N) is 4. The van der Waals surface area contributed by atoms with E-state index in [-0.39, 0.29) is 39.5 Å². The lowest BCUT2D eigenvalue weighted by molar-refractivity contribution is 0.153. The largest absolute Gasteiger partial charge is 0.334 e. The standard InChI is InChI=1S/C75H75BN4S2/c1-13-57-53(40-45(2)70(3,4)5)72(9)36-18-21-39-75(72,12)80(57)48-43-61-65-62(44-48)78-66-52(69-67(78)51-25-15-17-31-64(51)82-69)27-22-28-56(66)76(65)55-34-33-47(42-60(55)77(61)59-29-23-26-50-49-24-14-16-30-63(49)81-68(50)59)79-58-35-32-46(71(6,7)8)41-54(58)73(10)37-19-20-38-74(73,79)11/h13-17,22-35,40-44H,1,18-21,36-39H2,2-12H3/b45-40+. The van der Waals surface area contributed by atoms with Crippen LogP contribution in [0.15, 0.2) is 169 Å². The first kappa shape index (κ1) is 50.9. The highest BCUT2D eigenvalue weighted by Gasteiger charge is 2.60. The molecule has 3 aromatic heterocycles. The zero-order valence-corrected chi connectivity index (χ0v) is 51.5. The molecule has 7 heteroatoms. The Hall–Kier alpha value is -6.80. The topological polar surface area (TPSA) is 14.7 Å². The molecule has 0 bridgehead atoms. The van der Waals surface area contributed by atoms with E-state index in [0.717, 1.165) is 19.3 Å². The summed E-state index contributed by atoms with van der Waals surface area (Å²) in [6.45, 7) is 31.7. The van der Waals surface area contributed by atoms with Gasteiger partial charge in [0.15, 0.2) is 0 Å². The van der Waals surface area contributed by atoms with Crippen molar-refractivity contribution in [1.29, 1.82) is 0 Å². The second-order valence-corrected chi connectivity index (χ2v) is 30.5. The Labute approximate surface area is 493 Å². The second-order valence-electron chi connectivity index (χ2n) is 28.4. The molecule has 2 fully saturated rings. The van der Waals surface area contributed by atoms with Gasteiger partial charge in [-0.3, -0.25) is 0 Å². The average molecular weight is 1110 g/mol. The molecular formula is C75H75BN4S2. The summed E-state index contributed by atoms with van der Waals surface area (Å²) in [4.78, 5) is 8.38. The Morgan fingerprint density at radius 3 is 1.93 bits per heavy atom. The minimum Gasteiger partial charge on any atom is -0.334 e. The monoisotopic (exact) mass is 1110 g/mol. The summed E-state index contributed by atoms with van der Waals surface area (Å²) in [6, 6.07) is 53.1. The van der Waals surface area contributed by atoms with Gasteiger partial charge < -0.3 is 19.3 Å². The molecule has 2 aliphatic carbocycles. The molecule has 0 N–H and O–H groups in total. The van der Waals surface area contributed by atoms with Gasteiger partial charge in [-0.2, -0.15) is 0 Å². The minimum atomic E-state index is -0.212. The number of aromatic nitrogens is 1. The lowest BCUT2D eigenvalue weighted by Gasteiger charge is -2.52. The number of anilines is 6. The molecule has 4 unspecified atom stereocenters. The van der Waals surface area contributed by atoms with Crippen LogP contribution < -0.4 is 31.1 Å². The van der Waals surface area contributed by atoms with Crippen LogP contribution in [0.5, 0.6) is 0 Å². The summed E-state index contributed by atoms with van der Waals surface area (Å²) in [5.41, 5.74) is 22.4. The Kier molecular flexibility index (Phi) is 10.5. The molecule has 4 nitrogen and oxygen atoms in total. The second kappa shape index (κ2) is 16.9. The van der Waals surface area contributed by atoms with Crippen molar-refractivity contribution in [2.45, 2.75) is 149 Å². The van der Waals surface area contributed by atoms with Crippen LogP contribution in [-0.4, -0.2) is 22.4 Å². The first-order valence-corrected chi connectivity index (χ1v) is 32.2. The smallest absolute Gasteiger partial charge is 0.252 e. The molecule has 10 aromatic rings. The van der Waals surface area contributed by atoms with E-state index in [4.69, 9.17) is 6.58 Å². The zero-order valence-electron chi connectivity index (χ0n) is 49.9. The van der Waals surface area contributed by atoms with E-state index in [1.165, 1.54) is 168 Å². The lowest BCUT2D eigenvalue weighted by Crippen LogP contribution is -2.61. The van der Waals surface area contributed by atoms with Gasteiger partial charge in [-0.1, -0.05) is 184 Å². The van der Waals surface area contributed by atoms with Crippen molar-refractivity contribution in [3.05, 3.63) is 180 Å². The van der Waals surface area contributed by atoms with E-state index in [1.807, 2.05) is 22.7 Å². The van der Waals surface area contributed by atoms with Crippen molar-refractivity contribution >= 4 is 131 Å². The highest BCUT2D eigenvalue weighted by molar-refractivity contribution is 7.27. The molecule has 0 saturated heterocycles. The van der Waals surface area contributed by atoms with Crippen molar-refractivity contribution in [2.24, 2.45) is 10.8 Å². The van der Waals surface area contributed by atoms with Crippen LogP contribution in [0.3, 0.4) is 0 Å². The lowest BCUT2D eigenvalue weighted by atomic mass is 9.33. The van der Waals surface area contributed by atoms with Gasteiger partial charge in [-0.15, -0.1) is 22.7 Å². The van der Waals surface area contributed by atoms with Gasteiger partial charge in [-0.05, 0) is 145 Å². The summed E-state index contributed by atoms with van der Waals surface area (Å²) < 4.78 is 8.07. The van der Waals surface area contributed by atoms with Crippen molar-refractivity contribution in [3.63, 3.8) is 0 Å². The number of thiophene rings is 2. The SMILES string of the molecule is C=CC1=C(/C=C(\C)C(C)(C)C)C2(C)CCCCC2(C)N1c1cc2c3c(c1)-n1c4c(cccc4c4sc5ccccc5c41)B3c1ccc(N3c4ccc(C(C)(C)C)cc4C4(C)CCCCC34C)cc1N2c1cccc2c1sc1ccccc12. The number of benzene rings is 7. The number of fused-ring (bicyclic) bond motifs is 16. The van der Waals surface area contributed by atoms with E-state index >= 15 is 0 Å². The Balaban J connectivity index is 1.04. The maximum Gasteiger partial charge on any atom is 0.252 e. The van der Waals surface area contributed by atoms with Crippen LogP contribution in [0.1, 0.15) is 139 Å². The first-order chi connectivity index (χ1) is 39.3. The number of hydrogen-bond acceptors (Lipinski definition) is 5. The number of allylic oxidation sites excluding steroid dienone is 3. The van der Waals surface area contributed by atoms with E-state index in [9.17, 15) is 0 Å². The third-order valence-corrected chi connectivity index (χ3v) is 24.7. The van der Waals surface area contributed by atoms with Crippen LogP contribution in [0, 0.1) is 10.8 Å². The number of rotatable bonds is 5. The van der Waals surface area contributed by atoms with Gasteiger partial charge >= 0.3 is 0 Å². The van der Waals surface area contributed by atoms with E-state index < -0.39 is 0 Å². The van der Waals surface area contributed by atoms with Gasteiger partial charge in [0.2, 0.25) is 0 Å². The first-order valence-electron chi connectivity index (χ1n) is 30.6. The fraction of sp³-hybridized carbons (Fsp3) is 0.333. The minimum absolute atomic E-state index is 0.00669. The zero-order chi connectivity index (χ0) is 56.4. The van der Waals surface area contributed by atoms with Crippen molar-refractivity contribution in [3.8, 4) is 5.69 Å². The molecule has 0 spiro atoms. The highest BCUT2D eigenvalue weighted by Crippen LogP contribution is 2.64. The Bertz CT molecular complexity index is 4530. The maximum atomic E-state index is 4.75. The summed E-state index contributed by atoms with van der Waals surface area (Å²) in [5, 5.41) is 5.30. The van der Waals surface area contributed by atoms with Crippen LogP contribution in [0.25, 0.3) is 57.1 Å². The van der Waals surface area contributed by atoms with Crippen LogP contribution >= 0.6 is 22.7 Å². The summed E-state index contributed by atoms with van der Waals surface area (Å²) in [5.74, 6) is 0. The molecule has 7 aromatic carbocycles. The highest BCUT2D eigenvalue weighted by atomic mass is 32.1. The fourth-order valence-electron chi connectivity index (χ4n) is 17.1. The van der Waals surface area contributed by atoms with E-state index in [0.29, 0.717) is 0 Å². The van der Waals surface area contributed by atoms with Gasteiger partial charge in [0, 0.05) is 81.6 Å². The molecule has 6 aliphatic rings. The van der Waals surface area contributed by atoms with E-state index in [1.54, 1.807) is 0 Å². The van der Waals surface area contributed by atoms with Crippen molar-refractivity contribution in [1.82, 2.24) is 4.57 Å². The molecule has 410 valence electrons. The van der Waals surface area contributed by atoms with Gasteiger partial charge in [0.25, 0.3) is 6.71 Å². The fourth-order valence-corrected chi connectivity index (χ4v) is 19.6. The van der Waals surface area contributed by atoms with Gasteiger partial charge in [0.05, 0.1) is 37.2 Å². The molecule has 4 aliphatic heterocycles. The predicted molar refractivity (Wildman–Crippen MR) is 358 cm³/mol. The Morgan fingerprint density at radius 1 is 0.549 bits per heavy atom. The predicted octanol–water partition coefficient (Wildman–Crippen LogP) is 19.6. The molecule has 82 heavy (non-hydrogen) atoms. The molecule has 0 amide bonds. The molecular weight excluding hydrogens is 1030 g/mol. The normalized spacial score (nSPS) is 24.1. The number of hydrogen-bond donors (Lipinski definition) is 0. The average Bonchev–Trinajstić information content (AvgIpc) is 1.51. The quantitative estimate of drug-likeness (QED) is 0.160. The molecule has 16 rings (SSSR count). The van der Waals surface area contributed by atoms with Gasteiger partial charge in [-0.25, -0.2) is 0 Å². The summed E-state index contributed by atoms with van der Waals surface area (Å²) >= 11 is 3.90. The van der Waals surface area contributed by atoms with Crippen LogP contribution in [0.2, 0.25) is 0 Å². The summed E-state index contributed by atoms with van der Waals surface area (Å²) in [6.07, 6.45) is 14.3. The Morgan fingerprint density at radius 2 is 1.18 bits per heavy atom. The third-order valence-electron chi connectivity index (χ3n) is 22.3. The molecule has 4 atom stereocenters. The van der Waals surface area contributed by atoms with Crippen molar-refractivity contribution < 1.29 is 0 Å². The van der Waals surface area contributed by atoms with Crippen LogP contribution in [-0.2, 0) is 10.8 Å². The van der Waals surface area contributed by atoms with Gasteiger partial charge in [0.1, 0.15) is 0 Å². The third kappa shape index (κ3) is 6.45.